The van der Waals surface area contributed by atoms with Gasteiger partial charge in [0.05, 0.1) is 16.7 Å². The Kier molecular flexibility index (Phi) is 3.43. The van der Waals surface area contributed by atoms with E-state index in [0.717, 1.165) is 27.8 Å². The molecule has 2 N–H and O–H groups in total. The van der Waals surface area contributed by atoms with Crippen molar-refractivity contribution < 1.29 is 9.52 Å². The fourth-order valence-electron chi connectivity index (χ4n) is 2.20. The number of hydrogen-bond donors (Lipinski definition) is 2. The molecule has 0 bridgehead atoms. The summed E-state index contributed by atoms with van der Waals surface area (Å²) in [6, 6.07) is 8.12. The van der Waals surface area contributed by atoms with Crippen LogP contribution in [0, 0.1) is 0 Å². The Balaban J connectivity index is 1.80. The average molecular weight is 284 g/mol. The van der Waals surface area contributed by atoms with Crippen molar-refractivity contribution in [3.8, 4) is 0 Å². The third-order valence-electron chi connectivity index (χ3n) is 3.22. The summed E-state index contributed by atoms with van der Waals surface area (Å²) in [6.07, 6.45) is 3.12. The highest BCUT2D eigenvalue weighted by molar-refractivity contribution is 7.16. The predicted molar refractivity (Wildman–Crippen MR) is 72.0 cm³/mol. The lowest BCUT2D eigenvalue weighted by atomic mass is 9.88. The molecule has 2 aromatic rings. The topological polar surface area (TPSA) is 45.4 Å². The van der Waals surface area contributed by atoms with Crippen molar-refractivity contribution in [1.82, 2.24) is 5.32 Å². The number of nitrogens with one attached hydrogen (secondary N) is 1. The molecule has 1 unspecified atom stereocenters. The highest BCUT2D eigenvalue weighted by Crippen LogP contribution is 2.33. The summed E-state index contributed by atoms with van der Waals surface area (Å²) in [5.74, 6) is 0.884. The first-order chi connectivity index (χ1) is 8.72. The van der Waals surface area contributed by atoms with Crippen LogP contribution in [0.4, 0.5) is 0 Å². The van der Waals surface area contributed by atoms with Crippen LogP contribution >= 0.6 is 22.9 Å². The van der Waals surface area contributed by atoms with Gasteiger partial charge in [-0.15, -0.1) is 11.3 Å². The molecule has 3 nitrogen and oxygen atoms in total. The maximum Gasteiger partial charge on any atom is 0.126 e. The molecule has 1 atom stereocenters. The molecule has 0 radical (unpaired) electrons. The van der Waals surface area contributed by atoms with Gasteiger partial charge in [-0.3, -0.25) is 5.32 Å². The summed E-state index contributed by atoms with van der Waals surface area (Å²) in [7, 11) is 0. The number of halogens is 1. The van der Waals surface area contributed by atoms with Crippen LogP contribution in [0.25, 0.3) is 0 Å². The van der Waals surface area contributed by atoms with Crippen LogP contribution in [0.15, 0.2) is 34.9 Å². The Morgan fingerprint density at radius 3 is 2.78 bits per heavy atom. The number of aliphatic hydroxyl groups is 1. The highest BCUT2D eigenvalue weighted by Gasteiger charge is 2.31. The summed E-state index contributed by atoms with van der Waals surface area (Å²) in [6.45, 7) is 0. The van der Waals surface area contributed by atoms with Gasteiger partial charge < -0.3 is 9.52 Å². The van der Waals surface area contributed by atoms with Crippen LogP contribution in [-0.4, -0.2) is 17.3 Å². The molecule has 1 aliphatic rings. The molecular formula is C13H14ClNO2S. The molecule has 0 saturated heterocycles. The first kappa shape index (κ1) is 12.2. The second kappa shape index (κ2) is 5.05. The quantitative estimate of drug-likeness (QED) is 0.906. The zero-order valence-corrected chi connectivity index (χ0v) is 11.2. The molecule has 18 heavy (non-hydrogen) atoms. The van der Waals surface area contributed by atoms with E-state index in [9.17, 15) is 5.11 Å². The summed E-state index contributed by atoms with van der Waals surface area (Å²) in [5.41, 5.74) is 0. The largest absolute Gasteiger partial charge is 0.467 e. The van der Waals surface area contributed by atoms with Gasteiger partial charge in [0.2, 0.25) is 0 Å². The number of aliphatic hydroxyl groups excluding tert-OH is 1. The number of rotatable bonds is 4. The zero-order chi connectivity index (χ0) is 12.5. The van der Waals surface area contributed by atoms with E-state index in [0.29, 0.717) is 6.04 Å². The third kappa shape index (κ3) is 2.47. The molecule has 0 amide bonds. The molecule has 1 aliphatic carbocycles. The second-order valence-corrected chi connectivity index (χ2v) is 6.33. The zero-order valence-electron chi connectivity index (χ0n) is 9.67. The Labute approximate surface area is 114 Å². The minimum absolute atomic E-state index is 0.0231. The molecule has 1 fully saturated rings. The van der Waals surface area contributed by atoms with Crippen LogP contribution in [0.2, 0.25) is 4.34 Å². The van der Waals surface area contributed by atoms with Crippen molar-refractivity contribution in [2.75, 3.05) is 0 Å². The van der Waals surface area contributed by atoms with E-state index >= 15 is 0 Å². The van der Waals surface area contributed by atoms with Gasteiger partial charge in [0.15, 0.2) is 0 Å². The molecule has 0 aromatic carbocycles. The predicted octanol–water partition coefficient (Wildman–Crippen LogP) is 3.20. The summed E-state index contributed by atoms with van der Waals surface area (Å²) in [5, 5.41) is 12.9. The van der Waals surface area contributed by atoms with Crippen molar-refractivity contribution in [2.24, 2.45) is 0 Å². The van der Waals surface area contributed by atoms with Gasteiger partial charge >= 0.3 is 0 Å². The van der Waals surface area contributed by atoms with Crippen molar-refractivity contribution >= 4 is 22.9 Å². The van der Waals surface area contributed by atoms with Crippen LogP contribution in [0.3, 0.4) is 0 Å². The molecular weight excluding hydrogens is 270 g/mol. The number of furan rings is 1. The molecule has 96 valence electrons. The molecule has 2 heterocycles. The van der Waals surface area contributed by atoms with E-state index in [1.165, 1.54) is 0 Å². The molecule has 0 spiro atoms. The summed E-state index contributed by atoms with van der Waals surface area (Å²) in [4.78, 5) is 1.14. The van der Waals surface area contributed by atoms with E-state index in [2.05, 4.69) is 5.32 Å². The van der Waals surface area contributed by atoms with E-state index < -0.39 is 0 Å². The maximum atomic E-state index is 9.35. The third-order valence-corrected chi connectivity index (χ3v) is 4.52. The van der Waals surface area contributed by atoms with Gasteiger partial charge in [-0.05, 0) is 37.1 Å². The lowest BCUT2D eigenvalue weighted by molar-refractivity contribution is 0.0587. The fraction of sp³-hybridized carbons (Fsp3) is 0.385. The second-order valence-electron chi connectivity index (χ2n) is 4.58. The van der Waals surface area contributed by atoms with E-state index in [1.54, 1.807) is 17.6 Å². The van der Waals surface area contributed by atoms with Crippen molar-refractivity contribution in [1.29, 1.82) is 0 Å². The van der Waals surface area contributed by atoms with E-state index in [1.807, 2.05) is 24.3 Å². The average Bonchev–Trinajstić information content (AvgIpc) is 2.94. The van der Waals surface area contributed by atoms with Gasteiger partial charge in [0, 0.05) is 10.9 Å². The minimum atomic E-state index is -0.160. The van der Waals surface area contributed by atoms with Crippen LogP contribution < -0.4 is 5.32 Å². The van der Waals surface area contributed by atoms with Gasteiger partial charge in [0.25, 0.3) is 0 Å². The molecule has 3 rings (SSSR count). The Morgan fingerprint density at radius 1 is 1.39 bits per heavy atom. The van der Waals surface area contributed by atoms with Gasteiger partial charge in [-0.25, -0.2) is 0 Å². The van der Waals surface area contributed by atoms with Gasteiger partial charge in [0.1, 0.15) is 11.8 Å². The normalized spacial score (nSPS) is 24.8. The minimum Gasteiger partial charge on any atom is -0.467 e. The van der Waals surface area contributed by atoms with E-state index in [4.69, 9.17) is 16.0 Å². The number of hydrogen-bond acceptors (Lipinski definition) is 4. The van der Waals surface area contributed by atoms with Crippen molar-refractivity contribution in [3.63, 3.8) is 0 Å². The molecule has 1 saturated carbocycles. The lowest BCUT2D eigenvalue weighted by Crippen LogP contribution is -2.45. The maximum absolute atomic E-state index is 9.35. The Hall–Kier alpha value is -0.810. The standard InChI is InChI=1S/C13H14ClNO2S/c14-12-4-3-11(18-12)13(10-2-1-5-17-10)15-8-6-9(16)7-8/h1-5,8-9,13,15-16H,6-7H2. The molecule has 2 aromatic heterocycles. The van der Waals surface area contributed by atoms with Gasteiger partial charge in [-0.1, -0.05) is 11.6 Å². The first-order valence-electron chi connectivity index (χ1n) is 5.95. The van der Waals surface area contributed by atoms with E-state index in [-0.39, 0.29) is 12.1 Å². The first-order valence-corrected chi connectivity index (χ1v) is 7.14. The SMILES string of the molecule is OC1CC(NC(c2ccco2)c2ccc(Cl)s2)C1. The van der Waals surface area contributed by atoms with Crippen LogP contribution in [0.1, 0.15) is 29.5 Å². The monoisotopic (exact) mass is 283 g/mol. The molecule has 0 aliphatic heterocycles. The fourth-order valence-corrected chi connectivity index (χ4v) is 3.33. The Morgan fingerprint density at radius 2 is 2.22 bits per heavy atom. The van der Waals surface area contributed by atoms with Gasteiger partial charge in [-0.2, -0.15) is 0 Å². The smallest absolute Gasteiger partial charge is 0.126 e. The lowest BCUT2D eigenvalue weighted by Gasteiger charge is -2.34. The van der Waals surface area contributed by atoms with Crippen molar-refractivity contribution in [2.45, 2.75) is 31.0 Å². The molecule has 5 heteroatoms. The summed E-state index contributed by atoms with van der Waals surface area (Å²) >= 11 is 7.55. The number of thiophene rings is 1. The van der Waals surface area contributed by atoms with Crippen LogP contribution in [-0.2, 0) is 0 Å². The Bertz CT molecular complexity index is 505. The highest BCUT2D eigenvalue weighted by atomic mass is 35.5. The van der Waals surface area contributed by atoms with Crippen LogP contribution in [0.5, 0.6) is 0 Å². The van der Waals surface area contributed by atoms with Crippen molar-refractivity contribution in [3.05, 3.63) is 45.5 Å². The summed E-state index contributed by atoms with van der Waals surface area (Å²) < 4.78 is 6.27.